The number of likely N-dealkylation sites (tertiary alicyclic amines) is 1. The number of rotatable bonds is 8. The summed E-state index contributed by atoms with van der Waals surface area (Å²) in [6.07, 6.45) is 6.80. The van der Waals surface area contributed by atoms with Gasteiger partial charge in [-0.3, -0.25) is 14.4 Å². The molecular formula is C25H36N4O3. The molecule has 3 aliphatic rings. The standard InChI is InChI=1S/C25H36N4O3/c1-25(2,24(30)26-20-9-13-31-14-10-20)32-23-21-15-19(16-28-11-3-4-12-28)7-8-22(21)29(27-23)17-18-5-6-18/h7-8,15,18,20H,3-6,9-14,16-17H2,1-2H3,(H,26,30). The lowest BCUT2D eigenvalue weighted by atomic mass is 10.0. The highest BCUT2D eigenvalue weighted by molar-refractivity contribution is 5.88. The first-order chi connectivity index (χ1) is 15.5. The molecule has 7 heteroatoms. The lowest BCUT2D eigenvalue weighted by Crippen LogP contribution is -2.51. The van der Waals surface area contributed by atoms with Crippen LogP contribution in [-0.2, 0) is 22.6 Å². The summed E-state index contributed by atoms with van der Waals surface area (Å²) in [6, 6.07) is 6.76. The van der Waals surface area contributed by atoms with Crippen molar-refractivity contribution in [2.45, 2.75) is 77.1 Å². The van der Waals surface area contributed by atoms with Crippen LogP contribution in [0.3, 0.4) is 0 Å². The van der Waals surface area contributed by atoms with Crippen molar-refractivity contribution < 1.29 is 14.3 Å². The molecule has 2 aromatic rings. The molecule has 3 fully saturated rings. The van der Waals surface area contributed by atoms with Gasteiger partial charge < -0.3 is 14.8 Å². The first-order valence-electron chi connectivity index (χ1n) is 12.3. The monoisotopic (exact) mass is 440 g/mol. The summed E-state index contributed by atoms with van der Waals surface area (Å²) in [7, 11) is 0. The Kier molecular flexibility index (Phi) is 6.12. The third kappa shape index (κ3) is 4.94. The van der Waals surface area contributed by atoms with Gasteiger partial charge in [-0.05, 0) is 89.1 Å². The minimum absolute atomic E-state index is 0.0949. The molecule has 0 spiro atoms. The molecule has 1 aromatic carbocycles. The smallest absolute Gasteiger partial charge is 0.263 e. The van der Waals surface area contributed by atoms with E-state index in [2.05, 4.69) is 33.1 Å². The molecule has 1 aliphatic carbocycles. The number of benzene rings is 1. The number of fused-ring (bicyclic) bond motifs is 1. The van der Waals surface area contributed by atoms with Gasteiger partial charge in [-0.1, -0.05) is 6.07 Å². The van der Waals surface area contributed by atoms with Gasteiger partial charge in [-0.2, -0.15) is 0 Å². The highest BCUT2D eigenvalue weighted by atomic mass is 16.5. The van der Waals surface area contributed by atoms with Crippen molar-refractivity contribution in [2.24, 2.45) is 5.92 Å². The minimum atomic E-state index is -1.01. The van der Waals surface area contributed by atoms with Crippen LogP contribution in [0.1, 0.15) is 57.9 Å². The molecule has 2 saturated heterocycles. The van der Waals surface area contributed by atoms with Gasteiger partial charge in [-0.25, -0.2) is 0 Å². The van der Waals surface area contributed by atoms with E-state index in [4.69, 9.17) is 14.6 Å². The van der Waals surface area contributed by atoms with Crippen molar-refractivity contribution in [1.82, 2.24) is 20.0 Å². The van der Waals surface area contributed by atoms with E-state index in [0.29, 0.717) is 25.0 Å². The fraction of sp³-hybridized carbons (Fsp3) is 0.680. The van der Waals surface area contributed by atoms with Crippen LogP contribution >= 0.6 is 0 Å². The number of ether oxygens (including phenoxy) is 2. The van der Waals surface area contributed by atoms with E-state index in [-0.39, 0.29) is 11.9 Å². The summed E-state index contributed by atoms with van der Waals surface area (Å²) in [5.41, 5.74) is 1.37. The largest absolute Gasteiger partial charge is 0.460 e. The Bertz CT molecular complexity index is 953. The van der Waals surface area contributed by atoms with E-state index in [1.165, 1.54) is 44.3 Å². The lowest BCUT2D eigenvalue weighted by Gasteiger charge is -2.29. The van der Waals surface area contributed by atoms with Crippen LogP contribution in [-0.4, -0.2) is 58.5 Å². The molecule has 0 atom stereocenters. The second-order valence-corrected chi connectivity index (χ2v) is 10.2. The van der Waals surface area contributed by atoms with Crippen LogP contribution in [0.15, 0.2) is 18.2 Å². The highest BCUT2D eigenvalue weighted by Gasteiger charge is 2.34. The number of carbonyl (C=O) groups excluding carboxylic acids is 1. The van der Waals surface area contributed by atoms with Crippen molar-refractivity contribution >= 4 is 16.8 Å². The van der Waals surface area contributed by atoms with Crippen molar-refractivity contribution in [3.63, 3.8) is 0 Å². The van der Waals surface area contributed by atoms with Gasteiger partial charge in [0.25, 0.3) is 5.91 Å². The fourth-order valence-electron chi connectivity index (χ4n) is 4.74. The first-order valence-corrected chi connectivity index (χ1v) is 12.3. The van der Waals surface area contributed by atoms with Crippen molar-refractivity contribution in [2.75, 3.05) is 26.3 Å². The van der Waals surface area contributed by atoms with E-state index in [1.807, 2.05) is 13.8 Å². The Morgan fingerprint density at radius 2 is 1.94 bits per heavy atom. The number of nitrogens with one attached hydrogen (secondary N) is 1. The molecule has 0 radical (unpaired) electrons. The summed E-state index contributed by atoms with van der Waals surface area (Å²) in [4.78, 5) is 15.5. The number of carbonyl (C=O) groups is 1. The van der Waals surface area contributed by atoms with Crippen LogP contribution in [0.5, 0.6) is 5.88 Å². The van der Waals surface area contributed by atoms with E-state index < -0.39 is 5.60 Å². The molecule has 32 heavy (non-hydrogen) atoms. The van der Waals surface area contributed by atoms with Gasteiger partial charge in [0.05, 0.1) is 10.9 Å². The normalized spacial score (nSPS) is 20.7. The minimum Gasteiger partial charge on any atom is -0.460 e. The molecule has 0 bridgehead atoms. The molecule has 0 unspecified atom stereocenters. The second kappa shape index (κ2) is 9.02. The summed E-state index contributed by atoms with van der Waals surface area (Å²) in [5, 5.41) is 9.00. The zero-order valence-corrected chi connectivity index (χ0v) is 19.4. The van der Waals surface area contributed by atoms with E-state index in [1.54, 1.807) is 0 Å². The molecule has 174 valence electrons. The van der Waals surface area contributed by atoms with E-state index in [0.717, 1.165) is 36.8 Å². The van der Waals surface area contributed by atoms with Crippen LogP contribution in [0.25, 0.3) is 10.9 Å². The van der Waals surface area contributed by atoms with E-state index in [9.17, 15) is 4.79 Å². The van der Waals surface area contributed by atoms with Crippen LogP contribution in [0.2, 0.25) is 0 Å². The Morgan fingerprint density at radius 1 is 1.19 bits per heavy atom. The fourth-order valence-corrected chi connectivity index (χ4v) is 4.74. The maximum atomic E-state index is 13.0. The van der Waals surface area contributed by atoms with Crippen LogP contribution in [0, 0.1) is 5.92 Å². The third-order valence-corrected chi connectivity index (χ3v) is 6.97. The Labute approximate surface area is 190 Å². The summed E-state index contributed by atoms with van der Waals surface area (Å²) < 4.78 is 13.8. The van der Waals surface area contributed by atoms with E-state index >= 15 is 0 Å². The molecule has 7 nitrogen and oxygen atoms in total. The van der Waals surface area contributed by atoms with Gasteiger partial charge in [0.2, 0.25) is 5.88 Å². The zero-order valence-electron chi connectivity index (χ0n) is 19.4. The average molecular weight is 441 g/mol. The van der Waals surface area contributed by atoms with Crippen molar-refractivity contribution in [1.29, 1.82) is 0 Å². The topological polar surface area (TPSA) is 68.6 Å². The maximum absolute atomic E-state index is 13.0. The maximum Gasteiger partial charge on any atom is 0.263 e. The number of nitrogens with zero attached hydrogens (tertiary/aromatic N) is 3. The average Bonchev–Trinajstić information content (AvgIpc) is 3.34. The molecule has 3 heterocycles. The molecule has 1 saturated carbocycles. The van der Waals surface area contributed by atoms with Crippen LogP contribution in [0.4, 0.5) is 0 Å². The zero-order chi connectivity index (χ0) is 22.1. The number of amides is 1. The Balaban J connectivity index is 1.38. The number of hydrogen-bond acceptors (Lipinski definition) is 5. The first kappa shape index (κ1) is 21.7. The highest BCUT2D eigenvalue weighted by Crippen LogP contribution is 2.35. The SMILES string of the molecule is CC(C)(Oc1nn(CC2CC2)c2ccc(CN3CCCC3)cc12)C(=O)NC1CCOCC1. The quantitative estimate of drug-likeness (QED) is 0.681. The molecule has 1 aromatic heterocycles. The predicted octanol–water partition coefficient (Wildman–Crippen LogP) is 3.49. The Morgan fingerprint density at radius 3 is 2.66 bits per heavy atom. The van der Waals surface area contributed by atoms with Gasteiger partial charge in [0.15, 0.2) is 5.60 Å². The second-order valence-electron chi connectivity index (χ2n) is 10.2. The van der Waals surface area contributed by atoms with Gasteiger partial charge in [0.1, 0.15) is 0 Å². The summed E-state index contributed by atoms with van der Waals surface area (Å²) >= 11 is 0. The molecule has 1 N–H and O–H groups in total. The number of aromatic nitrogens is 2. The van der Waals surface area contributed by atoms with Gasteiger partial charge in [0, 0.05) is 32.3 Å². The predicted molar refractivity (Wildman–Crippen MR) is 124 cm³/mol. The number of hydrogen-bond donors (Lipinski definition) is 1. The molecule has 1 amide bonds. The summed E-state index contributed by atoms with van der Waals surface area (Å²) in [6.45, 7) is 9.27. The van der Waals surface area contributed by atoms with Crippen molar-refractivity contribution in [3.05, 3.63) is 23.8 Å². The van der Waals surface area contributed by atoms with Gasteiger partial charge in [-0.15, -0.1) is 5.10 Å². The molecular weight excluding hydrogens is 404 g/mol. The third-order valence-electron chi connectivity index (χ3n) is 6.97. The van der Waals surface area contributed by atoms with Crippen LogP contribution < -0.4 is 10.1 Å². The molecule has 2 aliphatic heterocycles. The molecule has 5 rings (SSSR count). The Hall–Kier alpha value is -2.12. The lowest BCUT2D eigenvalue weighted by molar-refractivity contribution is -0.135. The van der Waals surface area contributed by atoms with Crippen molar-refractivity contribution in [3.8, 4) is 5.88 Å². The summed E-state index contributed by atoms with van der Waals surface area (Å²) in [5.74, 6) is 1.18. The van der Waals surface area contributed by atoms with Gasteiger partial charge >= 0.3 is 0 Å².